The van der Waals surface area contributed by atoms with Gasteiger partial charge in [0, 0.05) is 13.2 Å². The summed E-state index contributed by atoms with van der Waals surface area (Å²) >= 11 is 0. The van der Waals surface area contributed by atoms with Crippen molar-refractivity contribution >= 4 is 5.91 Å². The Morgan fingerprint density at radius 2 is 1.95 bits per heavy atom. The van der Waals surface area contributed by atoms with E-state index in [2.05, 4.69) is 4.98 Å². The minimum Gasteiger partial charge on any atom is -0.508 e. The van der Waals surface area contributed by atoms with Crippen LogP contribution in [0.15, 0.2) is 42.7 Å². The van der Waals surface area contributed by atoms with Crippen LogP contribution in [0.3, 0.4) is 0 Å². The van der Waals surface area contributed by atoms with Crippen LogP contribution in [0.2, 0.25) is 0 Å². The Morgan fingerprint density at radius 3 is 2.57 bits per heavy atom. The highest BCUT2D eigenvalue weighted by molar-refractivity contribution is 5.96. The van der Waals surface area contributed by atoms with E-state index < -0.39 is 0 Å². The molecule has 0 radical (unpaired) electrons. The lowest BCUT2D eigenvalue weighted by Gasteiger charge is -2.26. The van der Waals surface area contributed by atoms with Crippen molar-refractivity contribution in [1.29, 1.82) is 0 Å². The predicted octanol–water partition coefficient (Wildman–Crippen LogP) is 2.63. The number of benzene rings is 1. The highest BCUT2D eigenvalue weighted by Gasteiger charge is 2.21. The standard InChI is InChI=1S/C16H18N2O3/c1-11(12-4-6-13(19)7-5-12)18(2)16(20)14-8-9-17-10-15(14)21-3/h4-11,19H,1-3H3. The maximum Gasteiger partial charge on any atom is 0.257 e. The van der Waals surface area contributed by atoms with Crippen molar-refractivity contribution in [2.75, 3.05) is 14.2 Å². The number of methoxy groups -OCH3 is 1. The lowest BCUT2D eigenvalue weighted by atomic mass is 10.1. The van der Waals surface area contributed by atoms with Gasteiger partial charge in [0.25, 0.3) is 5.91 Å². The first-order valence-electron chi connectivity index (χ1n) is 6.58. The minimum atomic E-state index is -0.144. The maximum absolute atomic E-state index is 12.6. The zero-order chi connectivity index (χ0) is 15.4. The zero-order valence-electron chi connectivity index (χ0n) is 12.3. The van der Waals surface area contributed by atoms with E-state index in [0.717, 1.165) is 5.56 Å². The Kier molecular flexibility index (Phi) is 4.42. The Morgan fingerprint density at radius 1 is 1.29 bits per heavy atom. The molecule has 1 heterocycles. The molecule has 1 N–H and O–H groups in total. The first kappa shape index (κ1) is 14.8. The number of pyridine rings is 1. The molecular formula is C16H18N2O3. The van der Waals surface area contributed by atoms with Crippen molar-refractivity contribution in [3.8, 4) is 11.5 Å². The van der Waals surface area contributed by atoms with Gasteiger partial charge in [-0.3, -0.25) is 9.78 Å². The molecule has 0 saturated carbocycles. The molecule has 1 amide bonds. The molecule has 0 spiro atoms. The number of nitrogens with zero attached hydrogens (tertiary/aromatic N) is 2. The lowest BCUT2D eigenvalue weighted by Crippen LogP contribution is -2.30. The van der Waals surface area contributed by atoms with Crippen LogP contribution in [-0.2, 0) is 0 Å². The average Bonchev–Trinajstić information content (AvgIpc) is 2.53. The number of aromatic hydroxyl groups is 1. The average molecular weight is 286 g/mol. The number of phenols is 1. The Balaban J connectivity index is 2.24. The lowest BCUT2D eigenvalue weighted by molar-refractivity contribution is 0.0739. The highest BCUT2D eigenvalue weighted by Crippen LogP contribution is 2.25. The van der Waals surface area contributed by atoms with E-state index in [0.29, 0.717) is 11.3 Å². The number of amides is 1. The largest absolute Gasteiger partial charge is 0.508 e. The third kappa shape index (κ3) is 3.13. The molecule has 0 aliphatic rings. The molecule has 5 heteroatoms. The van der Waals surface area contributed by atoms with Crippen LogP contribution in [-0.4, -0.2) is 35.1 Å². The fraction of sp³-hybridized carbons (Fsp3) is 0.250. The third-order valence-corrected chi connectivity index (χ3v) is 3.51. The van der Waals surface area contributed by atoms with E-state index in [-0.39, 0.29) is 17.7 Å². The van der Waals surface area contributed by atoms with Crippen LogP contribution in [0.1, 0.15) is 28.9 Å². The molecule has 1 aromatic carbocycles. The molecule has 5 nitrogen and oxygen atoms in total. The van der Waals surface area contributed by atoms with Crippen LogP contribution >= 0.6 is 0 Å². The van der Waals surface area contributed by atoms with Crippen molar-refractivity contribution in [2.24, 2.45) is 0 Å². The molecule has 0 aliphatic carbocycles. The van der Waals surface area contributed by atoms with Crippen LogP contribution < -0.4 is 4.74 Å². The molecule has 1 aromatic heterocycles. The van der Waals surface area contributed by atoms with Crippen molar-refractivity contribution in [3.05, 3.63) is 53.9 Å². The molecule has 1 unspecified atom stereocenters. The van der Waals surface area contributed by atoms with Gasteiger partial charge in [-0.1, -0.05) is 12.1 Å². The van der Waals surface area contributed by atoms with Gasteiger partial charge in [-0.15, -0.1) is 0 Å². The summed E-state index contributed by atoms with van der Waals surface area (Å²) in [6, 6.07) is 8.33. The Labute approximate surface area is 123 Å². The summed E-state index contributed by atoms with van der Waals surface area (Å²) < 4.78 is 5.17. The SMILES string of the molecule is COc1cnccc1C(=O)N(C)C(C)c1ccc(O)cc1. The van der Waals surface area contributed by atoms with Gasteiger partial charge < -0.3 is 14.7 Å². The number of phenolic OH excluding ortho intramolecular Hbond substituents is 1. The number of aromatic nitrogens is 1. The fourth-order valence-corrected chi connectivity index (χ4v) is 2.06. The smallest absolute Gasteiger partial charge is 0.257 e. The molecular weight excluding hydrogens is 268 g/mol. The molecule has 0 aliphatic heterocycles. The number of hydrogen-bond acceptors (Lipinski definition) is 4. The monoisotopic (exact) mass is 286 g/mol. The van der Waals surface area contributed by atoms with Gasteiger partial charge >= 0.3 is 0 Å². The van der Waals surface area contributed by atoms with E-state index in [9.17, 15) is 9.90 Å². The van der Waals surface area contributed by atoms with Crippen LogP contribution in [0, 0.1) is 0 Å². The summed E-state index contributed by atoms with van der Waals surface area (Å²) in [5, 5.41) is 9.33. The van der Waals surface area contributed by atoms with Gasteiger partial charge in [-0.25, -0.2) is 0 Å². The quantitative estimate of drug-likeness (QED) is 0.938. The molecule has 110 valence electrons. The third-order valence-electron chi connectivity index (χ3n) is 3.51. The van der Waals surface area contributed by atoms with E-state index >= 15 is 0 Å². The van der Waals surface area contributed by atoms with Crippen molar-refractivity contribution in [2.45, 2.75) is 13.0 Å². The molecule has 1 atom stereocenters. The first-order chi connectivity index (χ1) is 10.0. The van der Waals surface area contributed by atoms with Crippen LogP contribution in [0.25, 0.3) is 0 Å². The number of hydrogen-bond donors (Lipinski definition) is 1. The normalized spacial score (nSPS) is 11.8. The Hall–Kier alpha value is -2.56. The topological polar surface area (TPSA) is 62.7 Å². The summed E-state index contributed by atoms with van der Waals surface area (Å²) in [6.45, 7) is 1.93. The zero-order valence-corrected chi connectivity index (χ0v) is 12.3. The van der Waals surface area contributed by atoms with Gasteiger partial charge in [0.15, 0.2) is 0 Å². The number of ether oxygens (including phenoxy) is 1. The van der Waals surface area contributed by atoms with Crippen molar-refractivity contribution in [3.63, 3.8) is 0 Å². The number of rotatable bonds is 4. The van der Waals surface area contributed by atoms with E-state index in [1.807, 2.05) is 6.92 Å². The van der Waals surface area contributed by atoms with Gasteiger partial charge in [0.05, 0.1) is 24.9 Å². The highest BCUT2D eigenvalue weighted by atomic mass is 16.5. The summed E-state index contributed by atoms with van der Waals surface area (Å²) in [4.78, 5) is 18.2. The predicted molar refractivity (Wildman–Crippen MR) is 79.4 cm³/mol. The van der Waals surface area contributed by atoms with Crippen molar-refractivity contribution < 1.29 is 14.6 Å². The van der Waals surface area contributed by atoms with E-state index in [1.54, 1.807) is 48.5 Å². The molecule has 2 rings (SSSR count). The maximum atomic E-state index is 12.6. The van der Waals surface area contributed by atoms with E-state index in [4.69, 9.17) is 4.74 Å². The van der Waals surface area contributed by atoms with Crippen LogP contribution in [0.5, 0.6) is 11.5 Å². The first-order valence-corrected chi connectivity index (χ1v) is 6.58. The van der Waals surface area contributed by atoms with Gasteiger partial charge in [0.1, 0.15) is 11.5 Å². The fourth-order valence-electron chi connectivity index (χ4n) is 2.06. The van der Waals surface area contributed by atoms with Gasteiger partial charge in [-0.2, -0.15) is 0 Å². The molecule has 2 aromatic rings. The molecule has 0 bridgehead atoms. The molecule has 0 fully saturated rings. The molecule has 0 saturated heterocycles. The van der Waals surface area contributed by atoms with Crippen molar-refractivity contribution in [1.82, 2.24) is 9.88 Å². The summed E-state index contributed by atoms with van der Waals surface area (Å²) in [7, 11) is 3.25. The number of carbonyl (C=O) groups is 1. The van der Waals surface area contributed by atoms with Gasteiger partial charge in [-0.05, 0) is 30.7 Å². The summed E-state index contributed by atoms with van der Waals surface area (Å²) in [5.41, 5.74) is 1.41. The number of carbonyl (C=O) groups excluding carboxylic acids is 1. The van der Waals surface area contributed by atoms with Gasteiger partial charge in [0.2, 0.25) is 0 Å². The summed E-state index contributed by atoms with van der Waals surface area (Å²) in [6.07, 6.45) is 3.08. The van der Waals surface area contributed by atoms with E-state index in [1.165, 1.54) is 13.3 Å². The molecule has 21 heavy (non-hydrogen) atoms. The summed E-state index contributed by atoms with van der Waals surface area (Å²) in [5.74, 6) is 0.512. The second kappa shape index (κ2) is 6.26. The van der Waals surface area contributed by atoms with Crippen LogP contribution in [0.4, 0.5) is 0 Å². The second-order valence-corrected chi connectivity index (χ2v) is 4.76. The Bertz CT molecular complexity index is 626. The minimum absolute atomic E-state index is 0.129. The second-order valence-electron chi connectivity index (χ2n) is 4.76.